The lowest BCUT2D eigenvalue weighted by Crippen LogP contribution is -2.57. The van der Waals surface area contributed by atoms with Gasteiger partial charge in [0.2, 0.25) is 11.8 Å². The van der Waals surface area contributed by atoms with E-state index in [0.29, 0.717) is 38.0 Å². The van der Waals surface area contributed by atoms with Gasteiger partial charge < -0.3 is 15.1 Å². The molecule has 23 heavy (non-hydrogen) atoms. The van der Waals surface area contributed by atoms with Crippen LogP contribution < -0.4 is 5.32 Å². The highest BCUT2D eigenvalue weighted by Crippen LogP contribution is 2.45. The van der Waals surface area contributed by atoms with E-state index in [9.17, 15) is 9.59 Å². The summed E-state index contributed by atoms with van der Waals surface area (Å²) in [6, 6.07) is 0. The van der Waals surface area contributed by atoms with Crippen molar-refractivity contribution in [3.63, 3.8) is 0 Å². The van der Waals surface area contributed by atoms with Gasteiger partial charge in [-0.1, -0.05) is 33.6 Å². The molecule has 2 atom stereocenters. The second kappa shape index (κ2) is 6.08. The summed E-state index contributed by atoms with van der Waals surface area (Å²) in [6.45, 7) is 10.5. The van der Waals surface area contributed by atoms with Crippen LogP contribution in [-0.2, 0) is 9.59 Å². The van der Waals surface area contributed by atoms with Crippen LogP contribution in [0.25, 0.3) is 0 Å². The fraction of sp³-hybridized carbons (Fsp3) is 0.889. The Morgan fingerprint density at radius 1 is 1.04 bits per heavy atom. The molecule has 0 radical (unpaired) electrons. The predicted octanol–water partition coefficient (Wildman–Crippen LogP) is 1.48. The molecule has 0 aromatic heterocycles. The third kappa shape index (κ3) is 3.00. The average molecular weight is 321 g/mol. The molecule has 2 saturated heterocycles. The Morgan fingerprint density at radius 3 is 2.35 bits per heavy atom. The maximum Gasteiger partial charge on any atom is 0.230 e. The van der Waals surface area contributed by atoms with Gasteiger partial charge in [-0.15, -0.1) is 0 Å². The fourth-order valence-corrected chi connectivity index (χ4v) is 4.57. The molecule has 3 aliphatic rings. The van der Waals surface area contributed by atoms with E-state index >= 15 is 0 Å². The molecule has 1 saturated carbocycles. The number of nitrogens with zero attached hydrogens (tertiary/aromatic N) is 2. The zero-order valence-electron chi connectivity index (χ0n) is 14.9. The summed E-state index contributed by atoms with van der Waals surface area (Å²) in [7, 11) is 0. The number of hydrogen-bond acceptors (Lipinski definition) is 3. The monoisotopic (exact) mass is 321 g/mol. The van der Waals surface area contributed by atoms with Gasteiger partial charge in [-0.2, -0.15) is 0 Å². The molecule has 3 rings (SSSR count). The molecule has 0 bridgehead atoms. The van der Waals surface area contributed by atoms with Crippen LogP contribution in [0, 0.1) is 16.7 Å². The average Bonchev–Trinajstić information content (AvgIpc) is 2.98. The molecule has 0 spiro atoms. The highest BCUT2D eigenvalue weighted by atomic mass is 16.2. The molecule has 0 unspecified atom stereocenters. The van der Waals surface area contributed by atoms with Crippen LogP contribution in [-0.4, -0.2) is 60.9 Å². The Balaban J connectivity index is 1.63. The summed E-state index contributed by atoms with van der Waals surface area (Å²) in [5.41, 5.74) is -0.497. The van der Waals surface area contributed by atoms with Crippen LogP contribution in [0.1, 0.15) is 46.5 Å². The van der Waals surface area contributed by atoms with Crippen molar-refractivity contribution < 1.29 is 9.59 Å². The normalized spacial score (nSPS) is 31.9. The molecular weight excluding hydrogens is 290 g/mol. The highest BCUT2D eigenvalue weighted by molar-refractivity contribution is 5.85. The first-order valence-corrected chi connectivity index (χ1v) is 9.14. The molecule has 1 aliphatic carbocycles. The molecule has 3 fully saturated rings. The van der Waals surface area contributed by atoms with Gasteiger partial charge in [0.25, 0.3) is 0 Å². The van der Waals surface area contributed by atoms with Crippen molar-refractivity contribution in [1.82, 2.24) is 15.1 Å². The minimum atomic E-state index is -0.339. The zero-order valence-corrected chi connectivity index (χ0v) is 14.9. The highest BCUT2D eigenvalue weighted by Gasteiger charge is 2.51. The quantitative estimate of drug-likeness (QED) is 0.796. The van der Waals surface area contributed by atoms with Gasteiger partial charge in [0.1, 0.15) is 0 Å². The van der Waals surface area contributed by atoms with Crippen LogP contribution in [0.2, 0.25) is 0 Å². The van der Waals surface area contributed by atoms with Crippen molar-refractivity contribution in [2.45, 2.75) is 46.5 Å². The topological polar surface area (TPSA) is 52.7 Å². The van der Waals surface area contributed by atoms with Crippen molar-refractivity contribution in [2.24, 2.45) is 16.7 Å². The molecule has 2 aliphatic heterocycles. The molecular formula is C18H31N3O2. The lowest BCUT2D eigenvalue weighted by atomic mass is 9.67. The Morgan fingerprint density at radius 2 is 1.70 bits per heavy atom. The molecule has 0 aromatic rings. The second-order valence-corrected chi connectivity index (χ2v) is 8.56. The van der Waals surface area contributed by atoms with Crippen molar-refractivity contribution in [3.8, 4) is 0 Å². The Kier molecular flexibility index (Phi) is 4.43. The smallest absolute Gasteiger partial charge is 0.230 e. The van der Waals surface area contributed by atoms with Gasteiger partial charge in [-0.25, -0.2) is 0 Å². The van der Waals surface area contributed by atoms with E-state index in [2.05, 4.69) is 5.32 Å². The number of nitrogens with one attached hydrogen (secondary N) is 1. The molecule has 1 N–H and O–H groups in total. The number of hydrogen-bond donors (Lipinski definition) is 1. The number of carbonyl (C=O) groups is 2. The van der Waals surface area contributed by atoms with Gasteiger partial charge in [-0.3, -0.25) is 9.59 Å². The van der Waals surface area contributed by atoms with E-state index < -0.39 is 0 Å². The number of carbonyl (C=O) groups excluding carboxylic acids is 2. The van der Waals surface area contributed by atoms with Crippen molar-refractivity contribution in [2.75, 3.05) is 39.3 Å². The summed E-state index contributed by atoms with van der Waals surface area (Å²) in [6.07, 6.45) is 4.65. The van der Waals surface area contributed by atoms with Gasteiger partial charge in [0.05, 0.1) is 5.41 Å². The maximum atomic E-state index is 13.2. The second-order valence-electron chi connectivity index (χ2n) is 8.56. The number of rotatable bonds is 1. The summed E-state index contributed by atoms with van der Waals surface area (Å²) in [4.78, 5) is 29.6. The molecule has 5 nitrogen and oxygen atoms in total. The Labute approximate surface area is 139 Å². The SMILES string of the molecule is CC(C)(C)C(=O)N1CCN(C(=O)[C@@]23CCCC[C@H]2CNC3)CC1. The number of fused-ring (bicyclic) bond motifs is 1. The van der Waals surface area contributed by atoms with E-state index in [-0.39, 0.29) is 16.7 Å². The van der Waals surface area contributed by atoms with Crippen LogP contribution in [0.5, 0.6) is 0 Å². The fourth-order valence-electron chi connectivity index (χ4n) is 4.57. The van der Waals surface area contributed by atoms with Gasteiger partial charge in [0, 0.05) is 38.1 Å². The minimum absolute atomic E-state index is 0.158. The third-order valence-corrected chi connectivity index (χ3v) is 5.96. The lowest BCUT2D eigenvalue weighted by Gasteiger charge is -2.44. The summed E-state index contributed by atoms with van der Waals surface area (Å²) in [5, 5.41) is 3.46. The molecule has 130 valence electrons. The standard InChI is InChI=1S/C18H31N3O2/c1-17(2,3)15(22)20-8-10-21(11-9-20)16(23)18-7-5-4-6-14(18)12-19-13-18/h14,19H,4-13H2,1-3H3/t14-,18+/m0/s1. The van der Waals surface area contributed by atoms with E-state index in [1.165, 1.54) is 19.3 Å². The summed E-state index contributed by atoms with van der Waals surface area (Å²) in [5.74, 6) is 1.05. The third-order valence-electron chi connectivity index (χ3n) is 5.96. The Hall–Kier alpha value is -1.10. The first-order valence-electron chi connectivity index (χ1n) is 9.14. The minimum Gasteiger partial charge on any atom is -0.339 e. The van der Waals surface area contributed by atoms with Gasteiger partial charge in [-0.05, 0) is 25.3 Å². The van der Waals surface area contributed by atoms with E-state index in [1.54, 1.807) is 0 Å². The van der Waals surface area contributed by atoms with Crippen LogP contribution in [0.4, 0.5) is 0 Å². The lowest BCUT2D eigenvalue weighted by molar-refractivity contribution is -0.151. The van der Waals surface area contributed by atoms with Crippen molar-refractivity contribution in [1.29, 1.82) is 0 Å². The summed E-state index contributed by atoms with van der Waals surface area (Å²) >= 11 is 0. The van der Waals surface area contributed by atoms with Crippen molar-refractivity contribution >= 4 is 11.8 Å². The summed E-state index contributed by atoms with van der Waals surface area (Å²) < 4.78 is 0. The zero-order chi connectivity index (χ0) is 16.7. The van der Waals surface area contributed by atoms with Gasteiger partial charge >= 0.3 is 0 Å². The maximum absolute atomic E-state index is 13.2. The molecule has 0 aromatic carbocycles. The van der Waals surface area contributed by atoms with Crippen LogP contribution in [0.15, 0.2) is 0 Å². The number of piperazine rings is 1. The Bertz CT molecular complexity index is 477. The van der Waals surface area contributed by atoms with Crippen LogP contribution in [0.3, 0.4) is 0 Å². The largest absolute Gasteiger partial charge is 0.339 e. The molecule has 5 heteroatoms. The predicted molar refractivity (Wildman–Crippen MR) is 89.9 cm³/mol. The van der Waals surface area contributed by atoms with E-state index in [0.717, 1.165) is 19.5 Å². The molecule has 2 heterocycles. The first-order chi connectivity index (χ1) is 10.8. The van der Waals surface area contributed by atoms with Crippen molar-refractivity contribution in [3.05, 3.63) is 0 Å². The van der Waals surface area contributed by atoms with Gasteiger partial charge in [0.15, 0.2) is 0 Å². The number of amides is 2. The van der Waals surface area contributed by atoms with Crippen LogP contribution >= 0.6 is 0 Å². The molecule has 2 amide bonds. The van der Waals surface area contributed by atoms with E-state index in [1.807, 2.05) is 30.6 Å². The first kappa shape index (κ1) is 16.7. The van der Waals surface area contributed by atoms with E-state index in [4.69, 9.17) is 0 Å².